The van der Waals surface area contributed by atoms with Gasteiger partial charge in [-0.05, 0) is 38.1 Å². The summed E-state index contributed by atoms with van der Waals surface area (Å²) in [6, 6.07) is 7.80. The minimum Gasteiger partial charge on any atom is -0.492 e. The van der Waals surface area contributed by atoms with Gasteiger partial charge >= 0.3 is 5.97 Å². The molecule has 2 aromatic carbocycles. The standard InChI is InChI=1S/C19H18N2O7/c1-4-28-17-6-5-12(11(2)22)10-16(17)20-18(23)13-7-14(19(24)27-3)9-15(8-13)21(25)26/h5-10H,4H2,1-3H3,(H,20,23). The zero-order valence-electron chi connectivity index (χ0n) is 15.5. The van der Waals surface area contributed by atoms with E-state index in [1.807, 2.05) is 0 Å². The Morgan fingerprint density at radius 3 is 2.32 bits per heavy atom. The fourth-order valence-corrected chi connectivity index (χ4v) is 2.41. The largest absolute Gasteiger partial charge is 0.492 e. The lowest BCUT2D eigenvalue weighted by Gasteiger charge is -2.13. The first kappa shape index (κ1) is 20.6. The van der Waals surface area contributed by atoms with E-state index in [1.54, 1.807) is 19.1 Å². The van der Waals surface area contributed by atoms with E-state index in [0.29, 0.717) is 17.9 Å². The van der Waals surface area contributed by atoms with Gasteiger partial charge < -0.3 is 14.8 Å². The summed E-state index contributed by atoms with van der Waals surface area (Å²) in [6.45, 7) is 3.46. The number of nitrogens with one attached hydrogen (secondary N) is 1. The summed E-state index contributed by atoms with van der Waals surface area (Å²) >= 11 is 0. The molecule has 28 heavy (non-hydrogen) atoms. The Labute approximate surface area is 160 Å². The predicted molar refractivity (Wildman–Crippen MR) is 100 cm³/mol. The van der Waals surface area contributed by atoms with Crippen molar-refractivity contribution < 1.29 is 28.8 Å². The van der Waals surface area contributed by atoms with Crippen LogP contribution < -0.4 is 10.1 Å². The molecule has 0 aliphatic heterocycles. The normalized spacial score (nSPS) is 10.1. The maximum atomic E-state index is 12.7. The number of benzene rings is 2. The maximum absolute atomic E-state index is 12.7. The molecule has 0 spiro atoms. The highest BCUT2D eigenvalue weighted by Gasteiger charge is 2.19. The molecule has 1 amide bonds. The van der Waals surface area contributed by atoms with Crippen LogP contribution in [0.15, 0.2) is 36.4 Å². The molecule has 9 heteroatoms. The van der Waals surface area contributed by atoms with E-state index >= 15 is 0 Å². The van der Waals surface area contributed by atoms with Crippen LogP contribution in [-0.4, -0.2) is 36.3 Å². The molecular formula is C19H18N2O7. The van der Waals surface area contributed by atoms with E-state index in [-0.39, 0.29) is 22.6 Å². The van der Waals surface area contributed by atoms with Gasteiger partial charge in [0, 0.05) is 23.3 Å². The molecule has 2 rings (SSSR count). The van der Waals surface area contributed by atoms with Gasteiger partial charge in [0.25, 0.3) is 11.6 Å². The number of ether oxygens (including phenoxy) is 2. The highest BCUT2D eigenvalue weighted by atomic mass is 16.6. The second-order valence-corrected chi connectivity index (χ2v) is 5.67. The van der Waals surface area contributed by atoms with Crippen LogP contribution in [0.5, 0.6) is 5.75 Å². The Hall–Kier alpha value is -3.75. The van der Waals surface area contributed by atoms with Crippen molar-refractivity contribution in [3.63, 3.8) is 0 Å². The summed E-state index contributed by atoms with van der Waals surface area (Å²) in [5.74, 6) is -1.40. The summed E-state index contributed by atoms with van der Waals surface area (Å²) in [4.78, 5) is 46.4. The zero-order valence-corrected chi connectivity index (χ0v) is 15.5. The smallest absolute Gasteiger partial charge is 0.338 e. The Morgan fingerprint density at radius 2 is 1.75 bits per heavy atom. The predicted octanol–water partition coefficient (Wildman–Crippen LogP) is 3.24. The maximum Gasteiger partial charge on any atom is 0.338 e. The van der Waals surface area contributed by atoms with Gasteiger partial charge in [-0.1, -0.05) is 0 Å². The van der Waals surface area contributed by atoms with Crippen molar-refractivity contribution in [3.8, 4) is 5.75 Å². The molecule has 0 aliphatic carbocycles. The Morgan fingerprint density at radius 1 is 1.07 bits per heavy atom. The molecule has 0 unspecified atom stereocenters. The summed E-state index contributed by atoms with van der Waals surface area (Å²) < 4.78 is 10.0. The van der Waals surface area contributed by atoms with E-state index in [9.17, 15) is 24.5 Å². The average Bonchev–Trinajstić information content (AvgIpc) is 2.68. The fraction of sp³-hybridized carbons (Fsp3) is 0.211. The van der Waals surface area contributed by atoms with Crippen molar-refractivity contribution in [2.24, 2.45) is 0 Å². The second kappa shape index (κ2) is 8.76. The van der Waals surface area contributed by atoms with Crippen molar-refractivity contribution in [2.45, 2.75) is 13.8 Å². The molecule has 146 valence electrons. The third-order valence-corrected chi connectivity index (χ3v) is 3.75. The Balaban J connectivity index is 2.45. The van der Waals surface area contributed by atoms with Crippen LogP contribution in [0.2, 0.25) is 0 Å². The number of hydrogen-bond acceptors (Lipinski definition) is 7. The number of amides is 1. The molecule has 0 radical (unpaired) electrons. The van der Waals surface area contributed by atoms with Crippen LogP contribution in [0.25, 0.3) is 0 Å². The molecule has 0 bridgehead atoms. The molecule has 0 atom stereocenters. The molecule has 0 aliphatic rings. The lowest BCUT2D eigenvalue weighted by atomic mass is 10.1. The molecule has 0 aromatic heterocycles. The van der Waals surface area contributed by atoms with Gasteiger partial charge in [-0.3, -0.25) is 19.7 Å². The van der Waals surface area contributed by atoms with Crippen molar-refractivity contribution in [1.82, 2.24) is 0 Å². The number of esters is 1. The van der Waals surface area contributed by atoms with E-state index < -0.39 is 22.5 Å². The summed E-state index contributed by atoms with van der Waals surface area (Å²) in [7, 11) is 1.13. The van der Waals surface area contributed by atoms with Gasteiger partial charge in [0.15, 0.2) is 5.78 Å². The number of nitro groups is 1. The van der Waals surface area contributed by atoms with E-state index in [1.165, 1.54) is 19.1 Å². The highest BCUT2D eigenvalue weighted by Crippen LogP contribution is 2.27. The van der Waals surface area contributed by atoms with E-state index in [0.717, 1.165) is 19.2 Å². The summed E-state index contributed by atoms with van der Waals surface area (Å²) in [5.41, 5.74) is -0.107. The first-order chi connectivity index (χ1) is 13.3. The van der Waals surface area contributed by atoms with E-state index in [2.05, 4.69) is 10.1 Å². The molecule has 2 aromatic rings. The minimum absolute atomic E-state index is 0.120. The topological polar surface area (TPSA) is 125 Å². The third-order valence-electron chi connectivity index (χ3n) is 3.75. The van der Waals surface area contributed by atoms with Crippen molar-refractivity contribution in [3.05, 3.63) is 63.2 Å². The first-order valence-electron chi connectivity index (χ1n) is 8.23. The molecule has 0 saturated heterocycles. The summed E-state index contributed by atoms with van der Waals surface area (Å²) in [6.07, 6.45) is 0. The number of anilines is 1. The molecule has 0 saturated carbocycles. The molecule has 1 N–H and O–H groups in total. The van der Waals surface area contributed by atoms with Gasteiger partial charge in [-0.25, -0.2) is 4.79 Å². The lowest BCUT2D eigenvalue weighted by molar-refractivity contribution is -0.384. The number of ketones is 1. The van der Waals surface area contributed by atoms with Crippen molar-refractivity contribution in [1.29, 1.82) is 0 Å². The molecular weight excluding hydrogens is 368 g/mol. The van der Waals surface area contributed by atoms with Crippen LogP contribution in [0.3, 0.4) is 0 Å². The van der Waals surface area contributed by atoms with Crippen molar-refractivity contribution >= 4 is 29.0 Å². The third kappa shape index (κ3) is 4.70. The zero-order chi connectivity index (χ0) is 20.8. The quantitative estimate of drug-likeness (QED) is 0.335. The lowest BCUT2D eigenvalue weighted by Crippen LogP contribution is -2.15. The Bertz CT molecular complexity index is 953. The number of rotatable bonds is 7. The number of methoxy groups -OCH3 is 1. The molecule has 9 nitrogen and oxygen atoms in total. The SMILES string of the molecule is CCOc1ccc(C(C)=O)cc1NC(=O)c1cc(C(=O)OC)cc([N+](=O)[O-])c1. The minimum atomic E-state index is -0.814. The van der Waals surface area contributed by atoms with Crippen LogP contribution in [-0.2, 0) is 4.74 Å². The highest BCUT2D eigenvalue weighted by molar-refractivity contribution is 6.07. The van der Waals surface area contributed by atoms with Crippen LogP contribution in [0.4, 0.5) is 11.4 Å². The number of nitrogens with zero attached hydrogens (tertiary/aromatic N) is 1. The van der Waals surface area contributed by atoms with Gasteiger partial charge in [-0.15, -0.1) is 0 Å². The van der Waals surface area contributed by atoms with Gasteiger partial charge in [-0.2, -0.15) is 0 Å². The number of carbonyl (C=O) groups is 3. The van der Waals surface area contributed by atoms with Gasteiger partial charge in [0.05, 0.1) is 29.9 Å². The number of Topliss-reactive ketones (excluding diaryl/α,β-unsaturated/α-hetero) is 1. The van der Waals surface area contributed by atoms with Crippen LogP contribution in [0, 0.1) is 10.1 Å². The molecule has 0 fully saturated rings. The monoisotopic (exact) mass is 386 g/mol. The summed E-state index contributed by atoms with van der Waals surface area (Å²) in [5, 5.41) is 13.7. The first-order valence-corrected chi connectivity index (χ1v) is 8.23. The number of hydrogen-bond donors (Lipinski definition) is 1. The van der Waals surface area contributed by atoms with Gasteiger partial charge in [0.1, 0.15) is 5.75 Å². The average molecular weight is 386 g/mol. The number of non-ortho nitro benzene ring substituents is 1. The van der Waals surface area contributed by atoms with Crippen molar-refractivity contribution in [2.75, 3.05) is 19.0 Å². The van der Waals surface area contributed by atoms with Crippen LogP contribution in [0.1, 0.15) is 44.9 Å². The van der Waals surface area contributed by atoms with Gasteiger partial charge in [0.2, 0.25) is 0 Å². The second-order valence-electron chi connectivity index (χ2n) is 5.67. The van der Waals surface area contributed by atoms with E-state index in [4.69, 9.17) is 4.74 Å². The fourth-order valence-electron chi connectivity index (χ4n) is 2.41. The number of nitro benzene ring substituents is 1. The molecule has 0 heterocycles. The Kier molecular flexibility index (Phi) is 6.43. The number of carbonyl (C=O) groups excluding carboxylic acids is 3. The van der Waals surface area contributed by atoms with Crippen LogP contribution >= 0.6 is 0 Å².